The first kappa shape index (κ1) is 21.0. The van der Waals surface area contributed by atoms with Crippen LogP contribution in [0.1, 0.15) is 44.3 Å². The summed E-state index contributed by atoms with van der Waals surface area (Å²) in [5.74, 6) is 1.76. The van der Waals surface area contributed by atoms with Gasteiger partial charge in [0.1, 0.15) is 17.8 Å². The van der Waals surface area contributed by atoms with E-state index in [9.17, 15) is 4.79 Å². The van der Waals surface area contributed by atoms with Crippen LogP contribution < -0.4 is 5.56 Å². The molecule has 0 radical (unpaired) electrons. The van der Waals surface area contributed by atoms with Crippen LogP contribution in [0.5, 0.6) is 0 Å². The number of pyridine rings is 2. The van der Waals surface area contributed by atoms with E-state index in [1.54, 1.807) is 17.1 Å². The minimum absolute atomic E-state index is 0.141. The summed E-state index contributed by atoms with van der Waals surface area (Å²) >= 11 is 3.65. The first-order valence-electron chi connectivity index (χ1n) is 11.3. The second kappa shape index (κ2) is 8.02. The largest absolute Gasteiger partial charge is 0.310 e. The van der Waals surface area contributed by atoms with Gasteiger partial charge in [-0.2, -0.15) is 0 Å². The van der Waals surface area contributed by atoms with Gasteiger partial charge in [0.05, 0.1) is 17.4 Å². The zero-order valence-corrected chi connectivity index (χ0v) is 20.3. The van der Waals surface area contributed by atoms with Crippen molar-refractivity contribution in [1.82, 2.24) is 33.9 Å². The fourth-order valence-electron chi connectivity index (χ4n) is 4.17. The first-order valence-corrected chi connectivity index (χ1v) is 12.1. The van der Waals surface area contributed by atoms with Crippen LogP contribution in [-0.2, 0) is 0 Å². The average molecular weight is 516 g/mol. The van der Waals surface area contributed by atoms with Crippen LogP contribution in [0, 0.1) is 0 Å². The number of benzene rings is 1. The lowest BCUT2D eigenvalue weighted by molar-refractivity contribution is 0.603. The molecule has 6 rings (SSSR count). The molecule has 0 aliphatic heterocycles. The molecule has 0 saturated heterocycles. The van der Waals surface area contributed by atoms with Gasteiger partial charge >= 0.3 is 0 Å². The van der Waals surface area contributed by atoms with Gasteiger partial charge in [0.25, 0.3) is 5.56 Å². The number of nitrogens with zero attached hydrogens (tertiary/aromatic N) is 7. The summed E-state index contributed by atoms with van der Waals surface area (Å²) in [7, 11) is 0. The molecule has 9 heteroatoms. The minimum Gasteiger partial charge on any atom is -0.310 e. The Labute approximate surface area is 204 Å². The quantitative estimate of drug-likeness (QED) is 0.327. The lowest BCUT2D eigenvalue weighted by Crippen LogP contribution is -2.19. The molecule has 1 saturated carbocycles. The third-order valence-corrected chi connectivity index (χ3v) is 6.82. The number of hydrogen-bond acceptors (Lipinski definition) is 5. The Morgan fingerprint density at radius 3 is 2.71 bits per heavy atom. The highest BCUT2D eigenvalue weighted by molar-refractivity contribution is 9.10. The van der Waals surface area contributed by atoms with Crippen LogP contribution >= 0.6 is 15.9 Å². The summed E-state index contributed by atoms with van der Waals surface area (Å²) in [4.78, 5) is 22.9. The molecule has 0 N–H and O–H groups in total. The zero-order chi connectivity index (χ0) is 23.4. The molecule has 0 bridgehead atoms. The Morgan fingerprint density at radius 1 is 1.06 bits per heavy atom. The van der Waals surface area contributed by atoms with E-state index in [1.165, 1.54) is 12.8 Å². The molecule has 1 aromatic carbocycles. The summed E-state index contributed by atoms with van der Waals surface area (Å²) in [5, 5.41) is 9.73. The van der Waals surface area contributed by atoms with Gasteiger partial charge in [-0.25, -0.2) is 9.97 Å². The van der Waals surface area contributed by atoms with Crippen LogP contribution in [0.2, 0.25) is 0 Å². The van der Waals surface area contributed by atoms with Crippen molar-refractivity contribution in [2.24, 2.45) is 0 Å². The van der Waals surface area contributed by atoms with Crippen LogP contribution in [0.3, 0.4) is 0 Å². The Hall–Kier alpha value is -3.59. The molecule has 0 amide bonds. The van der Waals surface area contributed by atoms with Gasteiger partial charge in [0.15, 0.2) is 5.82 Å². The SMILES string of the molecule is CC(C)n1cnnc1-c1cccc(-n2cc(Br)c3ccc(-n4cnc(C5CC5)c4)cc3c2=O)n1. The van der Waals surface area contributed by atoms with Crippen LogP contribution in [-0.4, -0.2) is 33.9 Å². The number of fused-ring (bicyclic) bond motifs is 1. The highest BCUT2D eigenvalue weighted by atomic mass is 79.9. The van der Waals surface area contributed by atoms with Gasteiger partial charge in [-0.15, -0.1) is 10.2 Å². The molecule has 170 valence electrons. The molecule has 0 unspecified atom stereocenters. The maximum absolute atomic E-state index is 13.6. The van der Waals surface area contributed by atoms with Gasteiger partial charge < -0.3 is 9.13 Å². The summed E-state index contributed by atoms with van der Waals surface area (Å²) in [6.07, 6.45) is 9.75. The molecule has 1 aliphatic carbocycles. The molecule has 34 heavy (non-hydrogen) atoms. The van der Waals surface area contributed by atoms with E-state index >= 15 is 0 Å². The summed E-state index contributed by atoms with van der Waals surface area (Å²) in [5.41, 5.74) is 2.53. The standard InChI is InChI=1S/C25H22BrN7O/c1-15(2)33-14-28-30-24(33)21-4-3-5-23(29-21)32-11-20(26)18-9-8-17(10-19(18)25(32)34)31-12-22(27-13-31)16-6-7-16/h3-5,8-16H,6-7H2,1-2H3. The van der Waals surface area contributed by atoms with E-state index in [0.29, 0.717) is 28.6 Å². The molecule has 1 fully saturated rings. The lowest BCUT2D eigenvalue weighted by Gasteiger charge is -2.12. The Balaban J connectivity index is 1.46. The van der Waals surface area contributed by atoms with E-state index < -0.39 is 0 Å². The van der Waals surface area contributed by atoms with Crippen molar-refractivity contribution >= 4 is 26.7 Å². The van der Waals surface area contributed by atoms with Crippen molar-refractivity contribution in [3.63, 3.8) is 0 Å². The van der Waals surface area contributed by atoms with Crippen LogP contribution in [0.15, 0.2) is 70.7 Å². The number of rotatable bonds is 5. The minimum atomic E-state index is -0.141. The number of halogens is 1. The van der Waals surface area contributed by atoms with Crippen molar-refractivity contribution in [1.29, 1.82) is 0 Å². The van der Waals surface area contributed by atoms with E-state index in [2.05, 4.69) is 51.2 Å². The maximum atomic E-state index is 13.6. The van der Waals surface area contributed by atoms with Crippen LogP contribution in [0.4, 0.5) is 0 Å². The Bertz CT molecular complexity index is 1590. The van der Waals surface area contributed by atoms with Crippen molar-refractivity contribution in [3.05, 3.63) is 82.0 Å². The van der Waals surface area contributed by atoms with Gasteiger partial charge in [-0.05, 0) is 66.9 Å². The molecular formula is C25H22BrN7O. The Morgan fingerprint density at radius 2 is 1.91 bits per heavy atom. The molecule has 0 spiro atoms. The fraction of sp³-hybridized carbons (Fsp3) is 0.240. The van der Waals surface area contributed by atoms with E-state index in [-0.39, 0.29) is 11.6 Å². The summed E-state index contributed by atoms with van der Waals surface area (Å²) in [6, 6.07) is 11.6. The maximum Gasteiger partial charge on any atom is 0.264 e. The van der Waals surface area contributed by atoms with Crippen molar-refractivity contribution in [2.45, 2.75) is 38.6 Å². The second-order valence-corrected chi connectivity index (χ2v) is 9.75. The number of hydrogen-bond donors (Lipinski definition) is 0. The van der Waals surface area contributed by atoms with Gasteiger partial charge in [-0.1, -0.05) is 12.1 Å². The summed E-state index contributed by atoms with van der Waals surface area (Å²) in [6.45, 7) is 4.13. The normalized spacial score (nSPS) is 13.8. The van der Waals surface area contributed by atoms with E-state index in [0.717, 1.165) is 21.2 Å². The monoisotopic (exact) mass is 515 g/mol. The summed E-state index contributed by atoms with van der Waals surface area (Å²) < 4.78 is 6.32. The molecule has 5 aromatic rings. The molecular weight excluding hydrogens is 494 g/mol. The zero-order valence-electron chi connectivity index (χ0n) is 18.8. The highest BCUT2D eigenvalue weighted by Gasteiger charge is 2.26. The third kappa shape index (κ3) is 3.56. The van der Waals surface area contributed by atoms with Gasteiger partial charge in [0, 0.05) is 39.9 Å². The predicted octanol–water partition coefficient (Wildman–Crippen LogP) is 5.05. The van der Waals surface area contributed by atoms with Gasteiger partial charge in [-0.3, -0.25) is 9.36 Å². The Kier molecular flexibility index (Phi) is 4.95. The third-order valence-electron chi connectivity index (χ3n) is 6.19. The average Bonchev–Trinajstić information content (AvgIpc) is 3.36. The predicted molar refractivity (Wildman–Crippen MR) is 134 cm³/mol. The van der Waals surface area contributed by atoms with E-state index in [1.807, 2.05) is 51.9 Å². The molecule has 8 nitrogen and oxygen atoms in total. The topological polar surface area (TPSA) is 83.4 Å². The van der Waals surface area contributed by atoms with Crippen molar-refractivity contribution in [2.75, 3.05) is 0 Å². The molecule has 0 atom stereocenters. The lowest BCUT2D eigenvalue weighted by atomic mass is 10.1. The fourth-order valence-corrected chi connectivity index (χ4v) is 4.73. The second-order valence-electron chi connectivity index (χ2n) is 8.90. The first-order chi connectivity index (χ1) is 16.5. The van der Waals surface area contributed by atoms with Crippen LogP contribution in [0.25, 0.3) is 33.8 Å². The van der Waals surface area contributed by atoms with Crippen molar-refractivity contribution in [3.8, 4) is 23.0 Å². The van der Waals surface area contributed by atoms with Gasteiger partial charge in [0.2, 0.25) is 0 Å². The highest BCUT2D eigenvalue weighted by Crippen LogP contribution is 2.39. The van der Waals surface area contributed by atoms with E-state index in [4.69, 9.17) is 4.98 Å². The smallest absolute Gasteiger partial charge is 0.264 e. The molecule has 4 aromatic heterocycles. The number of aromatic nitrogens is 7. The molecule has 1 aliphatic rings. The van der Waals surface area contributed by atoms with Crippen molar-refractivity contribution < 1.29 is 0 Å². The molecule has 4 heterocycles. The number of imidazole rings is 1.